The average Bonchev–Trinajstić information content (AvgIpc) is 2.54. The molecule has 0 bridgehead atoms. The molecule has 0 aliphatic rings. The normalized spacial score (nSPS) is 10.2. The monoisotopic (exact) mass is 322 g/mol. The van der Waals surface area contributed by atoms with Gasteiger partial charge in [0.25, 0.3) is 0 Å². The van der Waals surface area contributed by atoms with Gasteiger partial charge in [0.15, 0.2) is 11.5 Å². The molecule has 0 radical (unpaired) electrons. The summed E-state index contributed by atoms with van der Waals surface area (Å²) in [5.41, 5.74) is 6.41. The van der Waals surface area contributed by atoms with Gasteiger partial charge in [0.2, 0.25) is 11.5 Å². The molecule has 0 atom stereocenters. The summed E-state index contributed by atoms with van der Waals surface area (Å²) in [5, 5.41) is 0.185. The van der Waals surface area contributed by atoms with Gasteiger partial charge in [0.05, 0.1) is 27.0 Å². The number of nitrogens with zero attached hydrogens (tertiary/aromatic N) is 1. The lowest BCUT2D eigenvalue weighted by atomic mass is 10.1. The highest BCUT2D eigenvalue weighted by Gasteiger charge is 2.20. The van der Waals surface area contributed by atoms with Crippen LogP contribution in [-0.4, -0.2) is 32.1 Å². The number of benzene rings is 1. The summed E-state index contributed by atoms with van der Waals surface area (Å²) in [6.07, 6.45) is 0. The number of methoxy groups -OCH3 is 3. The Morgan fingerprint density at radius 1 is 1.09 bits per heavy atom. The van der Waals surface area contributed by atoms with Gasteiger partial charge in [-0.2, -0.15) is 0 Å². The van der Waals surface area contributed by atoms with Gasteiger partial charge in [-0.25, -0.2) is 4.98 Å². The molecule has 22 heavy (non-hydrogen) atoms. The summed E-state index contributed by atoms with van der Waals surface area (Å²) >= 11 is 5.82. The van der Waals surface area contributed by atoms with Crippen LogP contribution in [-0.2, 0) is 0 Å². The summed E-state index contributed by atoms with van der Waals surface area (Å²) in [6, 6.07) is 6.11. The van der Waals surface area contributed by atoms with Crippen LogP contribution >= 0.6 is 11.6 Å². The van der Waals surface area contributed by atoms with Crippen LogP contribution in [0.3, 0.4) is 0 Å². The molecule has 0 amide bonds. The molecule has 0 saturated heterocycles. The molecule has 0 aliphatic carbocycles. The lowest BCUT2D eigenvalue weighted by Gasteiger charge is -2.14. The molecule has 7 heteroatoms. The Balaban J connectivity index is 2.56. The fraction of sp³-hybridized carbons (Fsp3) is 0.200. The Kier molecular flexibility index (Phi) is 4.72. The van der Waals surface area contributed by atoms with Crippen LogP contribution in [0.4, 0.5) is 5.69 Å². The van der Waals surface area contributed by atoms with Crippen molar-refractivity contribution in [3.63, 3.8) is 0 Å². The largest absolute Gasteiger partial charge is 0.493 e. The SMILES string of the molecule is COc1cc(C(=O)c2nc(Cl)ccc2N)cc(OC)c1OC. The summed E-state index contributed by atoms with van der Waals surface area (Å²) < 4.78 is 15.7. The number of aromatic nitrogens is 1. The molecular weight excluding hydrogens is 308 g/mol. The van der Waals surface area contributed by atoms with Gasteiger partial charge in [0.1, 0.15) is 10.8 Å². The Morgan fingerprint density at radius 2 is 1.68 bits per heavy atom. The average molecular weight is 323 g/mol. The third-order valence-corrected chi connectivity index (χ3v) is 3.24. The van der Waals surface area contributed by atoms with E-state index in [9.17, 15) is 4.79 Å². The van der Waals surface area contributed by atoms with Crippen LogP contribution < -0.4 is 19.9 Å². The second kappa shape index (κ2) is 6.53. The lowest BCUT2D eigenvalue weighted by molar-refractivity contribution is 0.103. The van der Waals surface area contributed by atoms with E-state index in [1.165, 1.54) is 45.6 Å². The predicted octanol–water partition coefficient (Wildman–Crippen LogP) is 2.57. The molecule has 0 unspecified atom stereocenters. The van der Waals surface area contributed by atoms with Gasteiger partial charge in [-0.05, 0) is 24.3 Å². The van der Waals surface area contributed by atoms with Crippen molar-refractivity contribution in [3.05, 3.63) is 40.7 Å². The van der Waals surface area contributed by atoms with E-state index >= 15 is 0 Å². The number of ketones is 1. The highest BCUT2D eigenvalue weighted by Crippen LogP contribution is 2.38. The summed E-state index contributed by atoms with van der Waals surface area (Å²) in [6.45, 7) is 0. The third kappa shape index (κ3) is 2.92. The van der Waals surface area contributed by atoms with E-state index in [0.717, 1.165) is 0 Å². The Morgan fingerprint density at radius 3 is 2.18 bits per heavy atom. The number of ether oxygens (including phenoxy) is 3. The molecular formula is C15H15ClN2O4. The van der Waals surface area contributed by atoms with E-state index in [2.05, 4.69) is 4.98 Å². The van der Waals surface area contributed by atoms with Crippen molar-refractivity contribution in [1.29, 1.82) is 0 Å². The fourth-order valence-electron chi connectivity index (χ4n) is 1.98. The van der Waals surface area contributed by atoms with Crippen LogP contribution in [0, 0.1) is 0 Å². The van der Waals surface area contributed by atoms with Crippen molar-refractivity contribution in [2.75, 3.05) is 27.1 Å². The highest BCUT2D eigenvalue weighted by atomic mass is 35.5. The predicted molar refractivity (Wildman–Crippen MR) is 83.2 cm³/mol. The minimum absolute atomic E-state index is 0.0711. The van der Waals surface area contributed by atoms with Crippen molar-refractivity contribution in [3.8, 4) is 17.2 Å². The van der Waals surface area contributed by atoms with E-state index in [1.54, 1.807) is 0 Å². The molecule has 2 aromatic rings. The molecule has 0 spiro atoms. The van der Waals surface area contributed by atoms with Gasteiger partial charge < -0.3 is 19.9 Å². The highest BCUT2D eigenvalue weighted by molar-refractivity contribution is 6.29. The Hall–Kier alpha value is -2.47. The van der Waals surface area contributed by atoms with Crippen LogP contribution in [0.2, 0.25) is 5.15 Å². The number of hydrogen-bond donors (Lipinski definition) is 1. The number of carbonyl (C=O) groups is 1. The van der Waals surface area contributed by atoms with Crippen LogP contribution in [0.15, 0.2) is 24.3 Å². The molecule has 0 fully saturated rings. The number of halogens is 1. The van der Waals surface area contributed by atoms with Crippen molar-refractivity contribution < 1.29 is 19.0 Å². The van der Waals surface area contributed by atoms with Crippen LogP contribution in [0.5, 0.6) is 17.2 Å². The molecule has 0 saturated carbocycles. The molecule has 1 aromatic carbocycles. The van der Waals surface area contributed by atoms with Crippen molar-refractivity contribution >= 4 is 23.1 Å². The number of carbonyl (C=O) groups excluding carboxylic acids is 1. The zero-order chi connectivity index (χ0) is 16.3. The first kappa shape index (κ1) is 15.9. The fourth-order valence-corrected chi connectivity index (χ4v) is 2.12. The van der Waals surface area contributed by atoms with E-state index in [0.29, 0.717) is 22.8 Å². The quantitative estimate of drug-likeness (QED) is 0.673. The molecule has 0 aliphatic heterocycles. The number of anilines is 1. The maximum absolute atomic E-state index is 12.6. The molecule has 2 rings (SSSR count). The third-order valence-electron chi connectivity index (χ3n) is 3.03. The van der Waals surface area contributed by atoms with Crippen LogP contribution in [0.1, 0.15) is 16.1 Å². The number of nitrogen functional groups attached to an aromatic ring is 1. The van der Waals surface area contributed by atoms with E-state index in [-0.39, 0.29) is 22.3 Å². The Bertz CT molecular complexity index is 694. The van der Waals surface area contributed by atoms with Crippen molar-refractivity contribution in [2.24, 2.45) is 0 Å². The van der Waals surface area contributed by atoms with Gasteiger partial charge in [-0.15, -0.1) is 0 Å². The molecule has 1 heterocycles. The summed E-state index contributed by atoms with van der Waals surface area (Å²) in [4.78, 5) is 16.6. The first-order chi connectivity index (χ1) is 10.5. The topological polar surface area (TPSA) is 83.7 Å². The lowest BCUT2D eigenvalue weighted by Crippen LogP contribution is -2.09. The van der Waals surface area contributed by atoms with E-state index in [4.69, 9.17) is 31.5 Å². The molecule has 2 N–H and O–H groups in total. The number of nitrogens with two attached hydrogens (primary N) is 1. The summed E-state index contributed by atoms with van der Waals surface area (Å²) in [7, 11) is 4.42. The van der Waals surface area contributed by atoms with Crippen molar-refractivity contribution in [2.45, 2.75) is 0 Å². The van der Waals surface area contributed by atoms with Gasteiger partial charge in [-0.3, -0.25) is 4.79 Å². The van der Waals surface area contributed by atoms with E-state index < -0.39 is 0 Å². The minimum Gasteiger partial charge on any atom is -0.493 e. The summed E-state index contributed by atoms with van der Waals surface area (Å²) in [5.74, 6) is 0.740. The zero-order valence-electron chi connectivity index (χ0n) is 12.3. The second-order valence-electron chi connectivity index (χ2n) is 4.31. The number of rotatable bonds is 5. The van der Waals surface area contributed by atoms with Crippen LogP contribution in [0.25, 0.3) is 0 Å². The van der Waals surface area contributed by atoms with Crippen molar-refractivity contribution in [1.82, 2.24) is 4.98 Å². The maximum Gasteiger partial charge on any atom is 0.213 e. The smallest absolute Gasteiger partial charge is 0.213 e. The minimum atomic E-state index is -0.390. The number of pyridine rings is 1. The maximum atomic E-state index is 12.6. The molecule has 1 aromatic heterocycles. The van der Waals surface area contributed by atoms with Gasteiger partial charge in [-0.1, -0.05) is 11.6 Å². The number of hydrogen-bond acceptors (Lipinski definition) is 6. The standard InChI is InChI=1S/C15H15ClN2O4/c1-20-10-6-8(7-11(21-2)15(10)22-3)14(19)13-9(17)4-5-12(16)18-13/h4-7H,17H2,1-3H3. The first-order valence-electron chi connectivity index (χ1n) is 6.28. The molecule has 116 valence electrons. The second-order valence-corrected chi connectivity index (χ2v) is 4.70. The molecule has 6 nitrogen and oxygen atoms in total. The Labute approximate surface area is 132 Å². The zero-order valence-corrected chi connectivity index (χ0v) is 13.1. The van der Waals surface area contributed by atoms with Gasteiger partial charge in [0, 0.05) is 5.56 Å². The van der Waals surface area contributed by atoms with Gasteiger partial charge >= 0.3 is 0 Å². The van der Waals surface area contributed by atoms with E-state index in [1.807, 2.05) is 0 Å². The first-order valence-corrected chi connectivity index (χ1v) is 6.66.